The SMILES string of the molecule is Cc1ccc(C(=O)OCCN(CCOC(=O)c2ccc(C)cc2)c2ccc(C(c3c(O)c4ccccc4oc3=O)c3c(O)c4ccccc4oc3=O)cc2)cc1. The number of hydrogen-bond donors (Lipinski definition) is 2. The molecule has 56 heavy (non-hydrogen) atoms. The van der Waals surface area contributed by atoms with Crippen LogP contribution < -0.4 is 16.2 Å². The van der Waals surface area contributed by atoms with Crippen LogP contribution in [-0.2, 0) is 9.47 Å². The summed E-state index contributed by atoms with van der Waals surface area (Å²) >= 11 is 0. The summed E-state index contributed by atoms with van der Waals surface area (Å²) < 4.78 is 22.4. The molecule has 2 heterocycles. The zero-order chi connectivity index (χ0) is 39.3. The van der Waals surface area contributed by atoms with Gasteiger partial charge in [0.05, 0.1) is 52.0 Å². The van der Waals surface area contributed by atoms with Gasteiger partial charge in [-0.05, 0) is 80.1 Å². The first-order valence-corrected chi connectivity index (χ1v) is 17.9. The summed E-state index contributed by atoms with van der Waals surface area (Å²) in [5, 5.41) is 23.6. The minimum absolute atomic E-state index is 0.00100. The molecule has 0 saturated carbocycles. The van der Waals surface area contributed by atoms with Gasteiger partial charge in [-0.3, -0.25) is 0 Å². The molecule has 282 valence electrons. The van der Waals surface area contributed by atoms with Crippen LogP contribution in [0.1, 0.15) is 54.5 Å². The zero-order valence-electron chi connectivity index (χ0n) is 30.6. The van der Waals surface area contributed by atoms with Crippen molar-refractivity contribution in [2.24, 2.45) is 0 Å². The predicted molar refractivity (Wildman–Crippen MR) is 211 cm³/mol. The van der Waals surface area contributed by atoms with Gasteiger partial charge in [0.1, 0.15) is 35.9 Å². The van der Waals surface area contributed by atoms with Crippen LogP contribution in [0.5, 0.6) is 11.5 Å². The first-order chi connectivity index (χ1) is 27.1. The highest BCUT2D eigenvalue weighted by molar-refractivity contribution is 5.90. The molecule has 0 radical (unpaired) electrons. The molecule has 7 rings (SSSR count). The molecule has 0 spiro atoms. The molecule has 5 aromatic carbocycles. The van der Waals surface area contributed by atoms with Gasteiger partial charge in [-0.15, -0.1) is 0 Å². The third kappa shape index (κ3) is 7.74. The lowest BCUT2D eigenvalue weighted by molar-refractivity contribution is 0.0504. The van der Waals surface area contributed by atoms with E-state index in [1.54, 1.807) is 84.9 Å². The van der Waals surface area contributed by atoms with Crippen LogP contribution in [0.15, 0.2) is 140 Å². The number of hydrogen-bond acceptors (Lipinski definition) is 11. The molecule has 7 aromatic rings. The topological polar surface area (TPSA) is 157 Å². The van der Waals surface area contributed by atoms with E-state index < -0.39 is 40.6 Å². The number of benzene rings is 5. The second-order valence-electron chi connectivity index (χ2n) is 13.3. The number of aryl methyl sites for hydroxylation is 2. The Morgan fingerprint density at radius 3 is 1.43 bits per heavy atom. The van der Waals surface area contributed by atoms with Gasteiger partial charge in [0, 0.05) is 5.69 Å². The summed E-state index contributed by atoms with van der Waals surface area (Å²) in [4.78, 5) is 54.8. The van der Waals surface area contributed by atoms with Crippen molar-refractivity contribution in [2.75, 3.05) is 31.2 Å². The van der Waals surface area contributed by atoms with Gasteiger partial charge in [-0.25, -0.2) is 19.2 Å². The van der Waals surface area contributed by atoms with Crippen molar-refractivity contribution < 1.29 is 38.1 Å². The van der Waals surface area contributed by atoms with E-state index in [1.807, 2.05) is 43.0 Å². The zero-order valence-corrected chi connectivity index (χ0v) is 30.6. The van der Waals surface area contributed by atoms with Crippen LogP contribution in [0.25, 0.3) is 21.9 Å². The first-order valence-electron chi connectivity index (χ1n) is 17.9. The summed E-state index contributed by atoms with van der Waals surface area (Å²) in [5.41, 5.74) is 1.74. The van der Waals surface area contributed by atoms with E-state index in [0.717, 1.165) is 11.1 Å². The maximum atomic E-state index is 13.7. The Labute approximate surface area is 320 Å². The van der Waals surface area contributed by atoms with Crippen molar-refractivity contribution >= 4 is 39.6 Å². The van der Waals surface area contributed by atoms with E-state index >= 15 is 0 Å². The third-order valence-corrected chi connectivity index (χ3v) is 9.57. The molecule has 0 saturated heterocycles. The largest absolute Gasteiger partial charge is 0.507 e. The van der Waals surface area contributed by atoms with Crippen LogP contribution in [0.4, 0.5) is 5.69 Å². The number of rotatable bonds is 12. The van der Waals surface area contributed by atoms with E-state index in [-0.39, 0.29) is 59.4 Å². The fourth-order valence-electron chi connectivity index (χ4n) is 6.57. The highest BCUT2D eigenvalue weighted by Crippen LogP contribution is 2.42. The molecular weight excluding hydrogens is 714 g/mol. The molecular formula is C45H37NO10. The van der Waals surface area contributed by atoms with Crippen molar-refractivity contribution in [2.45, 2.75) is 19.8 Å². The maximum absolute atomic E-state index is 13.7. The number of para-hydroxylation sites is 2. The highest BCUT2D eigenvalue weighted by atomic mass is 16.5. The lowest BCUT2D eigenvalue weighted by Crippen LogP contribution is -2.32. The number of anilines is 1. The van der Waals surface area contributed by atoms with Gasteiger partial charge in [0.15, 0.2) is 0 Å². The quantitative estimate of drug-likeness (QED) is 0.0935. The molecule has 0 aliphatic heterocycles. The first kappa shape index (κ1) is 37.2. The Morgan fingerprint density at radius 2 is 1.00 bits per heavy atom. The van der Waals surface area contributed by atoms with E-state index in [9.17, 15) is 29.4 Å². The molecule has 11 nitrogen and oxygen atoms in total. The minimum atomic E-state index is -1.33. The molecule has 0 aliphatic rings. The molecule has 0 bridgehead atoms. The summed E-state index contributed by atoms with van der Waals surface area (Å²) in [6.45, 7) is 4.28. The number of ether oxygens (including phenoxy) is 2. The molecule has 0 unspecified atom stereocenters. The van der Waals surface area contributed by atoms with Crippen molar-refractivity contribution in [3.63, 3.8) is 0 Å². The summed E-state index contributed by atoms with van der Waals surface area (Å²) in [6, 6.07) is 33.7. The van der Waals surface area contributed by atoms with E-state index in [4.69, 9.17) is 18.3 Å². The standard InChI is InChI=1S/C45H37NO10/c1-27-11-15-30(16-12-27)42(49)53-25-23-46(24-26-54-43(50)31-17-13-28(2)14-18-31)32-21-19-29(20-22-32)37(38-40(47)33-7-3-5-9-35(33)55-44(38)51)39-41(48)34-8-4-6-10-36(34)56-45(39)52/h3-22,37,47-48H,23-26H2,1-2H3. The molecule has 0 atom stereocenters. The Kier molecular flexibility index (Phi) is 10.7. The lowest BCUT2D eigenvalue weighted by atomic mass is 9.84. The Morgan fingerprint density at radius 1 is 0.589 bits per heavy atom. The predicted octanol–water partition coefficient (Wildman–Crippen LogP) is 7.63. The number of nitrogens with zero attached hydrogens (tertiary/aromatic N) is 1. The molecule has 11 heteroatoms. The summed E-state index contributed by atoms with van der Waals surface area (Å²) in [7, 11) is 0. The van der Waals surface area contributed by atoms with Gasteiger partial charge < -0.3 is 33.4 Å². The number of carbonyl (C=O) groups excluding carboxylic acids is 2. The van der Waals surface area contributed by atoms with Crippen LogP contribution in [0.2, 0.25) is 0 Å². The average molecular weight is 752 g/mol. The van der Waals surface area contributed by atoms with E-state index in [1.165, 1.54) is 12.1 Å². The van der Waals surface area contributed by atoms with Crippen molar-refractivity contribution in [1.82, 2.24) is 0 Å². The minimum Gasteiger partial charge on any atom is -0.507 e. The van der Waals surface area contributed by atoms with E-state index in [2.05, 4.69) is 0 Å². The number of esters is 2. The second-order valence-corrected chi connectivity index (χ2v) is 13.3. The van der Waals surface area contributed by atoms with Crippen LogP contribution in [0, 0.1) is 13.8 Å². The van der Waals surface area contributed by atoms with E-state index in [0.29, 0.717) is 22.4 Å². The monoisotopic (exact) mass is 751 g/mol. The lowest BCUT2D eigenvalue weighted by Gasteiger charge is -2.26. The van der Waals surface area contributed by atoms with Crippen LogP contribution in [-0.4, -0.2) is 48.5 Å². The van der Waals surface area contributed by atoms with Gasteiger partial charge in [0.2, 0.25) is 0 Å². The number of aromatic hydroxyl groups is 2. The van der Waals surface area contributed by atoms with Gasteiger partial charge in [0.25, 0.3) is 0 Å². The third-order valence-electron chi connectivity index (χ3n) is 9.57. The highest BCUT2D eigenvalue weighted by Gasteiger charge is 2.32. The second kappa shape index (κ2) is 16.1. The molecule has 0 aliphatic carbocycles. The summed E-state index contributed by atoms with van der Waals surface area (Å²) in [6.07, 6.45) is 0. The fourth-order valence-corrected chi connectivity index (χ4v) is 6.57. The van der Waals surface area contributed by atoms with Crippen LogP contribution in [0.3, 0.4) is 0 Å². The van der Waals surface area contributed by atoms with Gasteiger partial charge >= 0.3 is 23.2 Å². The van der Waals surface area contributed by atoms with Crippen molar-refractivity contribution in [3.05, 3.63) is 181 Å². The Bertz CT molecular complexity index is 2500. The smallest absolute Gasteiger partial charge is 0.344 e. The van der Waals surface area contributed by atoms with Crippen LogP contribution >= 0.6 is 0 Å². The summed E-state index contributed by atoms with van der Waals surface area (Å²) in [5.74, 6) is -3.13. The maximum Gasteiger partial charge on any atom is 0.344 e. The Balaban J connectivity index is 1.23. The molecule has 0 amide bonds. The normalized spacial score (nSPS) is 11.2. The number of carbonyl (C=O) groups is 2. The van der Waals surface area contributed by atoms with Gasteiger partial charge in [-0.2, -0.15) is 0 Å². The molecule has 2 N–H and O–H groups in total. The van der Waals surface area contributed by atoms with Crippen molar-refractivity contribution in [3.8, 4) is 11.5 Å². The molecule has 2 aromatic heterocycles. The number of fused-ring (bicyclic) bond motifs is 2. The fraction of sp³-hybridized carbons (Fsp3) is 0.156. The molecule has 0 fully saturated rings. The van der Waals surface area contributed by atoms with Gasteiger partial charge in [-0.1, -0.05) is 71.8 Å². The Hall–Kier alpha value is -7.14. The van der Waals surface area contributed by atoms with Crippen molar-refractivity contribution in [1.29, 1.82) is 0 Å². The average Bonchev–Trinajstić information content (AvgIpc) is 3.20.